The number of aryl methyl sites for hydroxylation is 1. The lowest BCUT2D eigenvalue weighted by atomic mass is 10.1. The third-order valence-electron chi connectivity index (χ3n) is 5.68. The molecule has 0 bridgehead atoms. The first-order chi connectivity index (χ1) is 13.7. The molecule has 5 rings (SSSR count). The number of hydrogen-bond acceptors (Lipinski definition) is 9. The molecule has 0 aromatic carbocycles. The summed E-state index contributed by atoms with van der Waals surface area (Å²) >= 11 is 0. The summed E-state index contributed by atoms with van der Waals surface area (Å²) < 4.78 is 11.3. The second-order valence-electron chi connectivity index (χ2n) is 7.34. The Labute approximate surface area is 163 Å². The van der Waals surface area contributed by atoms with E-state index >= 15 is 0 Å². The van der Waals surface area contributed by atoms with Crippen LogP contribution in [0, 0.1) is 0 Å². The van der Waals surface area contributed by atoms with E-state index in [9.17, 15) is 0 Å². The van der Waals surface area contributed by atoms with Crippen LogP contribution >= 0.6 is 0 Å². The van der Waals surface area contributed by atoms with Crippen LogP contribution in [0.15, 0.2) is 6.20 Å². The maximum absolute atomic E-state index is 5.80. The third kappa shape index (κ3) is 2.94. The molecular weight excluding hydrogens is 358 g/mol. The van der Waals surface area contributed by atoms with E-state index in [1.165, 1.54) is 5.56 Å². The maximum Gasteiger partial charge on any atom is 0.220 e. The molecule has 0 amide bonds. The Hall–Kier alpha value is -2.52. The Morgan fingerprint density at radius 2 is 1.86 bits per heavy atom. The average molecular weight is 383 g/mol. The van der Waals surface area contributed by atoms with Gasteiger partial charge in [-0.1, -0.05) is 6.92 Å². The number of morpholine rings is 2. The maximum atomic E-state index is 5.80. The molecule has 28 heavy (non-hydrogen) atoms. The number of fused-ring (bicyclic) bond motifs is 3. The van der Waals surface area contributed by atoms with Crippen LogP contribution < -0.4 is 15.5 Å². The number of aromatic nitrogens is 4. The molecule has 2 N–H and O–H groups in total. The lowest BCUT2D eigenvalue weighted by Gasteiger charge is -2.31. The molecule has 148 valence electrons. The number of nitrogens with zero attached hydrogens (tertiary/aromatic N) is 6. The number of nitrogens with two attached hydrogens (primary N) is 1. The van der Waals surface area contributed by atoms with Gasteiger partial charge in [0.2, 0.25) is 5.95 Å². The van der Waals surface area contributed by atoms with Gasteiger partial charge < -0.3 is 25.0 Å². The molecule has 0 radical (unpaired) electrons. The summed E-state index contributed by atoms with van der Waals surface area (Å²) in [5.74, 6) is 2.99. The topological polar surface area (TPSA) is 103 Å². The van der Waals surface area contributed by atoms with Gasteiger partial charge in [-0.3, -0.25) is 0 Å². The first-order valence-electron chi connectivity index (χ1n) is 9.94. The van der Waals surface area contributed by atoms with Gasteiger partial charge in [0.1, 0.15) is 11.6 Å². The molecular formula is C19H25N7O2. The van der Waals surface area contributed by atoms with Gasteiger partial charge in [-0.05, 0) is 6.42 Å². The Morgan fingerprint density at radius 3 is 2.68 bits per heavy atom. The largest absolute Gasteiger partial charge is 0.378 e. The van der Waals surface area contributed by atoms with Crippen LogP contribution in [0.5, 0.6) is 0 Å². The molecule has 0 saturated carbocycles. The van der Waals surface area contributed by atoms with E-state index in [0.717, 1.165) is 81.8 Å². The quantitative estimate of drug-likeness (QED) is 0.819. The fraction of sp³-hybridized carbons (Fsp3) is 0.579. The fourth-order valence-electron chi connectivity index (χ4n) is 4.27. The summed E-state index contributed by atoms with van der Waals surface area (Å²) in [6, 6.07) is 0.335. The van der Waals surface area contributed by atoms with E-state index in [1.807, 2.05) is 0 Å². The van der Waals surface area contributed by atoms with Crippen molar-refractivity contribution in [1.29, 1.82) is 0 Å². The van der Waals surface area contributed by atoms with Crippen LogP contribution in [0.1, 0.15) is 18.2 Å². The number of nitrogen functional groups attached to an aromatic ring is 1. The minimum Gasteiger partial charge on any atom is -0.378 e. The predicted molar refractivity (Wildman–Crippen MR) is 106 cm³/mol. The van der Waals surface area contributed by atoms with Crippen molar-refractivity contribution in [1.82, 2.24) is 19.9 Å². The molecule has 1 atom stereocenters. The fourth-order valence-corrected chi connectivity index (χ4v) is 4.27. The summed E-state index contributed by atoms with van der Waals surface area (Å²) in [5, 5.41) is 0. The zero-order valence-corrected chi connectivity index (χ0v) is 16.1. The van der Waals surface area contributed by atoms with Gasteiger partial charge in [-0.25, -0.2) is 19.9 Å². The van der Waals surface area contributed by atoms with Crippen molar-refractivity contribution in [3.05, 3.63) is 17.5 Å². The molecule has 3 aliphatic heterocycles. The highest BCUT2D eigenvalue weighted by atomic mass is 16.5. The number of rotatable bonds is 3. The van der Waals surface area contributed by atoms with Crippen LogP contribution in [-0.4, -0.2) is 72.0 Å². The summed E-state index contributed by atoms with van der Waals surface area (Å²) in [6.45, 7) is 7.48. The predicted octanol–water partition coefficient (Wildman–Crippen LogP) is 0.676. The summed E-state index contributed by atoms with van der Waals surface area (Å²) in [4.78, 5) is 23.3. The molecule has 2 aromatic rings. The Kier molecular flexibility index (Phi) is 4.48. The van der Waals surface area contributed by atoms with Crippen molar-refractivity contribution in [3.63, 3.8) is 0 Å². The van der Waals surface area contributed by atoms with Gasteiger partial charge in [0.25, 0.3) is 0 Å². The standard InChI is InChI=1S/C19H25N7O2/c1-2-15-14(10-21-19(20)22-15)16-23-17(25-3-6-27-7-4-25)13-9-12-11-28-8-5-26(12)18(13)24-16/h10,12H,2-9,11H2,1H3,(H2,20,21,22). The second kappa shape index (κ2) is 7.14. The molecule has 9 heteroatoms. The molecule has 2 fully saturated rings. The molecule has 2 saturated heterocycles. The molecule has 1 unspecified atom stereocenters. The summed E-state index contributed by atoms with van der Waals surface area (Å²) in [5.41, 5.74) is 8.74. The zero-order valence-electron chi connectivity index (χ0n) is 16.1. The normalized spacial score (nSPS) is 21.5. The van der Waals surface area contributed by atoms with Crippen molar-refractivity contribution in [2.45, 2.75) is 25.8 Å². The van der Waals surface area contributed by atoms with Gasteiger partial charge >= 0.3 is 0 Å². The minimum atomic E-state index is 0.281. The van der Waals surface area contributed by atoms with Gasteiger partial charge in [-0.2, -0.15) is 0 Å². The highest BCUT2D eigenvalue weighted by Crippen LogP contribution is 2.39. The van der Waals surface area contributed by atoms with Crippen molar-refractivity contribution in [2.24, 2.45) is 0 Å². The highest BCUT2D eigenvalue weighted by Gasteiger charge is 2.37. The van der Waals surface area contributed by atoms with Crippen molar-refractivity contribution in [2.75, 3.05) is 61.6 Å². The van der Waals surface area contributed by atoms with E-state index in [2.05, 4.69) is 26.7 Å². The van der Waals surface area contributed by atoms with E-state index in [0.29, 0.717) is 11.9 Å². The van der Waals surface area contributed by atoms with Crippen molar-refractivity contribution in [3.8, 4) is 11.4 Å². The monoisotopic (exact) mass is 383 g/mol. The highest BCUT2D eigenvalue weighted by molar-refractivity contribution is 5.71. The van der Waals surface area contributed by atoms with Crippen LogP contribution in [0.2, 0.25) is 0 Å². The van der Waals surface area contributed by atoms with E-state index in [-0.39, 0.29) is 5.95 Å². The first kappa shape index (κ1) is 17.6. The lowest BCUT2D eigenvalue weighted by Crippen LogP contribution is -2.43. The lowest BCUT2D eigenvalue weighted by molar-refractivity contribution is 0.0973. The molecule has 0 spiro atoms. The van der Waals surface area contributed by atoms with Crippen LogP contribution in [-0.2, 0) is 22.3 Å². The van der Waals surface area contributed by atoms with Crippen molar-refractivity contribution < 1.29 is 9.47 Å². The van der Waals surface area contributed by atoms with Gasteiger partial charge in [0, 0.05) is 37.8 Å². The van der Waals surface area contributed by atoms with Crippen LogP contribution in [0.3, 0.4) is 0 Å². The van der Waals surface area contributed by atoms with Gasteiger partial charge in [0.05, 0.1) is 43.7 Å². The minimum absolute atomic E-state index is 0.281. The molecule has 3 aliphatic rings. The van der Waals surface area contributed by atoms with Gasteiger partial charge in [-0.15, -0.1) is 0 Å². The number of anilines is 3. The molecule has 9 nitrogen and oxygen atoms in total. The van der Waals surface area contributed by atoms with Crippen molar-refractivity contribution >= 4 is 17.6 Å². The number of hydrogen-bond donors (Lipinski definition) is 1. The smallest absolute Gasteiger partial charge is 0.220 e. The van der Waals surface area contributed by atoms with E-state index < -0.39 is 0 Å². The Balaban J connectivity index is 1.65. The van der Waals surface area contributed by atoms with Crippen LogP contribution in [0.4, 0.5) is 17.6 Å². The van der Waals surface area contributed by atoms with Gasteiger partial charge in [0.15, 0.2) is 5.82 Å². The third-order valence-corrected chi connectivity index (χ3v) is 5.68. The molecule has 5 heterocycles. The molecule has 2 aromatic heterocycles. The van der Waals surface area contributed by atoms with Crippen LogP contribution in [0.25, 0.3) is 11.4 Å². The van der Waals surface area contributed by atoms with E-state index in [4.69, 9.17) is 25.2 Å². The SMILES string of the molecule is CCc1nc(N)ncc1-c1nc(N2CCOCC2)c2c(n1)N1CCOCC1C2. The molecule has 0 aliphatic carbocycles. The first-order valence-corrected chi connectivity index (χ1v) is 9.94. The average Bonchev–Trinajstić information content (AvgIpc) is 3.12. The second-order valence-corrected chi connectivity index (χ2v) is 7.34. The summed E-state index contributed by atoms with van der Waals surface area (Å²) in [6.07, 6.45) is 3.41. The van der Waals surface area contributed by atoms with E-state index in [1.54, 1.807) is 6.20 Å². The number of ether oxygens (including phenoxy) is 2. The summed E-state index contributed by atoms with van der Waals surface area (Å²) in [7, 11) is 0. The zero-order chi connectivity index (χ0) is 19.1. The Bertz CT molecular complexity index is 885. The Morgan fingerprint density at radius 1 is 1.07 bits per heavy atom.